The molecule has 0 heterocycles. The maximum atomic E-state index is 13.1. The summed E-state index contributed by atoms with van der Waals surface area (Å²) in [5.41, 5.74) is 0.476. The Kier molecular flexibility index (Phi) is 5.97. The van der Waals surface area contributed by atoms with Gasteiger partial charge in [0.2, 0.25) is 5.91 Å². The quantitative estimate of drug-likeness (QED) is 0.825. The molecule has 21 heavy (non-hydrogen) atoms. The Labute approximate surface area is 128 Å². The molecule has 1 aliphatic carbocycles. The van der Waals surface area contributed by atoms with Gasteiger partial charge in [0.15, 0.2) is 11.6 Å². The van der Waals surface area contributed by atoms with Gasteiger partial charge < -0.3 is 5.32 Å². The van der Waals surface area contributed by atoms with E-state index >= 15 is 0 Å². The molecule has 2 nitrogen and oxygen atoms in total. The maximum absolute atomic E-state index is 13.1. The summed E-state index contributed by atoms with van der Waals surface area (Å²) >= 11 is 5.96. The van der Waals surface area contributed by atoms with Crippen molar-refractivity contribution in [1.82, 2.24) is 5.32 Å². The molecule has 116 valence electrons. The minimum Gasteiger partial charge on any atom is -0.356 e. The number of benzene rings is 1. The fourth-order valence-electron chi connectivity index (χ4n) is 2.90. The van der Waals surface area contributed by atoms with Crippen molar-refractivity contribution in [2.24, 2.45) is 11.8 Å². The first-order chi connectivity index (χ1) is 10.1. The molecule has 1 amide bonds. The van der Waals surface area contributed by atoms with Crippen LogP contribution in [-0.4, -0.2) is 18.3 Å². The molecule has 2 unspecified atom stereocenters. The second-order valence-electron chi connectivity index (χ2n) is 5.69. The molecule has 1 aliphatic rings. The number of rotatable bonds is 5. The van der Waals surface area contributed by atoms with Gasteiger partial charge in [-0.25, -0.2) is 8.78 Å². The summed E-state index contributed by atoms with van der Waals surface area (Å²) in [7, 11) is 0. The van der Waals surface area contributed by atoms with Crippen LogP contribution >= 0.6 is 11.6 Å². The molecule has 1 aromatic carbocycles. The number of carbonyl (C=O) groups excluding carboxylic acids is 1. The van der Waals surface area contributed by atoms with Crippen molar-refractivity contribution in [2.75, 3.05) is 12.4 Å². The van der Waals surface area contributed by atoms with Crippen molar-refractivity contribution in [3.05, 3.63) is 35.4 Å². The summed E-state index contributed by atoms with van der Waals surface area (Å²) in [6, 6.07) is 3.54. The van der Waals surface area contributed by atoms with Crippen molar-refractivity contribution in [3.8, 4) is 0 Å². The van der Waals surface area contributed by atoms with Crippen molar-refractivity contribution >= 4 is 17.5 Å². The van der Waals surface area contributed by atoms with E-state index in [9.17, 15) is 13.6 Å². The van der Waals surface area contributed by atoms with Gasteiger partial charge >= 0.3 is 0 Å². The SMILES string of the molecule is O=C(Cc1ccc(F)c(F)c1)NCC1CCCCC1CCl. The van der Waals surface area contributed by atoms with Gasteiger partial charge in [0, 0.05) is 12.4 Å². The fraction of sp³-hybridized carbons (Fsp3) is 0.562. The van der Waals surface area contributed by atoms with E-state index in [1.165, 1.54) is 18.9 Å². The minimum atomic E-state index is -0.921. The average Bonchev–Trinajstić information content (AvgIpc) is 2.49. The van der Waals surface area contributed by atoms with E-state index in [0.29, 0.717) is 29.8 Å². The Bertz CT molecular complexity index is 495. The van der Waals surface area contributed by atoms with Gasteiger partial charge in [-0.05, 0) is 42.4 Å². The standard InChI is InChI=1S/C16H20ClF2NO/c17-9-12-3-1-2-4-13(12)10-20-16(21)8-11-5-6-14(18)15(19)7-11/h5-7,12-13H,1-4,8-10H2,(H,20,21). The predicted molar refractivity (Wildman–Crippen MR) is 79.2 cm³/mol. The molecule has 1 fully saturated rings. The second-order valence-corrected chi connectivity index (χ2v) is 6.00. The lowest BCUT2D eigenvalue weighted by Crippen LogP contribution is -2.35. The molecule has 5 heteroatoms. The summed E-state index contributed by atoms with van der Waals surface area (Å²) < 4.78 is 25.9. The molecule has 0 aromatic heterocycles. The lowest BCUT2D eigenvalue weighted by Gasteiger charge is -2.30. The molecular weight excluding hydrogens is 296 g/mol. The Balaban J connectivity index is 1.82. The molecule has 1 saturated carbocycles. The van der Waals surface area contributed by atoms with Gasteiger partial charge in [-0.3, -0.25) is 4.79 Å². The first-order valence-corrected chi connectivity index (χ1v) is 7.90. The first kappa shape index (κ1) is 16.2. The number of alkyl halides is 1. The highest BCUT2D eigenvalue weighted by atomic mass is 35.5. The third-order valence-corrected chi connectivity index (χ3v) is 4.57. The normalized spacial score (nSPS) is 22.0. The third-order valence-electron chi connectivity index (χ3n) is 4.17. The third kappa shape index (κ3) is 4.67. The summed E-state index contributed by atoms with van der Waals surface area (Å²) in [5, 5.41) is 2.89. The number of carbonyl (C=O) groups is 1. The Morgan fingerprint density at radius 2 is 1.90 bits per heavy atom. The summed E-state index contributed by atoms with van der Waals surface area (Å²) in [5.74, 6) is -0.473. The van der Waals surface area contributed by atoms with E-state index in [-0.39, 0.29) is 12.3 Å². The highest BCUT2D eigenvalue weighted by Gasteiger charge is 2.24. The van der Waals surface area contributed by atoms with Crippen LogP contribution in [0.5, 0.6) is 0 Å². The van der Waals surface area contributed by atoms with Crippen LogP contribution in [0.25, 0.3) is 0 Å². The van der Waals surface area contributed by atoms with Crippen LogP contribution in [0.2, 0.25) is 0 Å². The fourth-order valence-corrected chi connectivity index (χ4v) is 3.31. The molecule has 2 atom stereocenters. The van der Waals surface area contributed by atoms with Gasteiger partial charge in [-0.2, -0.15) is 0 Å². The van der Waals surface area contributed by atoms with Gasteiger partial charge in [0.25, 0.3) is 0 Å². The van der Waals surface area contributed by atoms with Gasteiger partial charge in [-0.1, -0.05) is 18.9 Å². The highest BCUT2D eigenvalue weighted by molar-refractivity contribution is 6.18. The van der Waals surface area contributed by atoms with Crippen LogP contribution in [0.15, 0.2) is 18.2 Å². The molecular formula is C16H20ClF2NO. The van der Waals surface area contributed by atoms with Crippen LogP contribution in [-0.2, 0) is 11.2 Å². The van der Waals surface area contributed by atoms with E-state index in [1.807, 2.05) is 0 Å². The lowest BCUT2D eigenvalue weighted by molar-refractivity contribution is -0.120. The second kappa shape index (κ2) is 7.74. The van der Waals surface area contributed by atoms with Crippen LogP contribution < -0.4 is 5.32 Å². The molecule has 0 bridgehead atoms. The van der Waals surface area contributed by atoms with Crippen molar-refractivity contribution < 1.29 is 13.6 Å². The van der Waals surface area contributed by atoms with Crippen molar-refractivity contribution in [1.29, 1.82) is 0 Å². The smallest absolute Gasteiger partial charge is 0.224 e. The van der Waals surface area contributed by atoms with Crippen molar-refractivity contribution in [3.63, 3.8) is 0 Å². The monoisotopic (exact) mass is 315 g/mol. The van der Waals surface area contributed by atoms with E-state index in [0.717, 1.165) is 25.0 Å². The largest absolute Gasteiger partial charge is 0.356 e. The molecule has 0 aliphatic heterocycles. The number of halogens is 3. The van der Waals surface area contributed by atoms with Crippen LogP contribution in [0, 0.1) is 23.5 Å². The van der Waals surface area contributed by atoms with E-state index in [4.69, 9.17) is 11.6 Å². The zero-order valence-corrected chi connectivity index (χ0v) is 12.6. The van der Waals surface area contributed by atoms with Crippen molar-refractivity contribution in [2.45, 2.75) is 32.1 Å². The minimum absolute atomic E-state index is 0.0649. The highest BCUT2D eigenvalue weighted by Crippen LogP contribution is 2.30. The van der Waals surface area contributed by atoms with Gasteiger partial charge in [0.05, 0.1) is 6.42 Å². The summed E-state index contributed by atoms with van der Waals surface area (Å²) in [4.78, 5) is 11.9. The van der Waals surface area contributed by atoms with E-state index in [2.05, 4.69) is 5.32 Å². The number of nitrogens with one attached hydrogen (secondary N) is 1. The Hall–Kier alpha value is -1.16. The van der Waals surface area contributed by atoms with Gasteiger partial charge in [-0.15, -0.1) is 11.6 Å². The first-order valence-electron chi connectivity index (χ1n) is 7.36. The molecule has 0 saturated heterocycles. The number of hydrogen-bond acceptors (Lipinski definition) is 1. The summed E-state index contributed by atoms with van der Waals surface area (Å²) in [6.07, 6.45) is 4.65. The maximum Gasteiger partial charge on any atom is 0.224 e. The van der Waals surface area contributed by atoms with E-state index in [1.54, 1.807) is 0 Å². The molecule has 0 spiro atoms. The molecule has 0 radical (unpaired) electrons. The average molecular weight is 316 g/mol. The Morgan fingerprint density at radius 1 is 1.19 bits per heavy atom. The van der Waals surface area contributed by atoms with Crippen LogP contribution in [0.3, 0.4) is 0 Å². The zero-order chi connectivity index (χ0) is 15.2. The molecule has 1 N–H and O–H groups in total. The van der Waals surface area contributed by atoms with Gasteiger partial charge in [0.1, 0.15) is 0 Å². The van der Waals surface area contributed by atoms with E-state index < -0.39 is 11.6 Å². The zero-order valence-electron chi connectivity index (χ0n) is 11.9. The predicted octanol–water partition coefficient (Wildman–Crippen LogP) is 3.67. The number of amides is 1. The molecule has 2 rings (SSSR count). The van der Waals surface area contributed by atoms with Crippen LogP contribution in [0.4, 0.5) is 8.78 Å². The number of hydrogen-bond donors (Lipinski definition) is 1. The Morgan fingerprint density at radius 3 is 2.57 bits per heavy atom. The summed E-state index contributed by atoms with van der Waals surface area (Å²) in [6.45, 7) is 0.611. The topological polar surface area (TPSA) is 29.1 Å². The lowest BCUT2D eigenvalue weighted by atomic mass is 9.80. The molecule has 1 aromatic rings. The van der Waals surface area contributed by atoms with Crippen LogP contribution in [0.1, 0.15) is 31.2 Å².